The predicted molar refractivity (Wildman–Crippen MR) is 110 cm³/mol. The molecule has 0 aliphatic carbocycles. The molecule has 2 aromatic heterocycles. The number of carbonyl (C=O) groups excluding carboxylic acids is 1. The molecular weight excluding hydrogens is 374 g/mol. The van der Waals surface area contributed by atoms with Crippen LogP contribution in [0, 0.1) is 13.8 Å². The van der Waals surface area contributed by atoms with Crippen molar-refractivity contribution in [3.8, 4) is 5.69 Å². The number of aryl methyl sites for hydroxylation is 2. The fraction of sp³-hybridized carbons (Fsp3) is 0.200. The SMILES string of the molecule is Cc1ccc(C)c(-n2c(=O)c3ccccc3n3c(SCCC(N)=O)nnc23)c1. The molecule has 0 unspecified atom stereocenters. The fourth-order valence-electron chi connectivity index (χ4n) is 3.19. The summed E-state index contributed by atoms with van der Waals surface area (Å²) in [7, 11) is 0. The zero-order chi connectivity index (χ0) is 19.8. The van der Waals surface area contributed by atoms with Gasteiger partial charge in [0, 0.05) is 12.2 Å². The van der Waals surface area contributed by atoms with E-state index in [-0.39, 0.29) is 17.9 Å². The summed E-state index contributed by atoms with van der Waals surface area (Å²) in [6, 6.07) is 13.4. The van der Waals surface area contributed by atoms with Crippen LogP contribution in [0.4, 0.5) is 0 Å². The summed E-state index contributed by atoms with van der Waals surface area (Å²) in [6.45, 7) is 3.95. The van der Waals surface area contributed by atoms with Gasteiger partial charge in [0.1, 0.15) is 0 Å². The number of primary amides is 1. The highest BCUT2D eigenvalue weighted by Gasteiger charge is 2.18. The summed E-state index contributed by atoms with van der Waals surface area (Å²) in [6.07, 6.45) is 0.244. The predicted octanol–water partition coefficient (Wildman–Crippen LogP) is 2.62. The molecule has 4 aromatic rings. The van der Waals surface area contributed by atoms with Crippen LogP contribution < -0.4 is 11.3 Å². The molecule has 28 heavy (non-hydrogen) atoms. The third-order valence-corrected chi connectivity index (χ3v) is 5.51. The van der Waals surface area contributed by atoms with Gasteiger partial charge in [-0.3, -0.25) is 14.0 Å². The van der Waals surface area contributed by atoms with Gasteiger partial charge >= 0.3 is 0 Å². The summed E-state index contributed by atoms with van der Waals surface area (Å²) in [5.74, 6) is 0.574. The van der Waals surface area contributed by atoms with Gasteiger partial charge in [0.25, 0.3) is 5.56 Å². The number of hydrogen-bond acceptors (Lipinski definition) is 5. The molecule has 0 bridgehead atoms. The van der Waals surface area contributed by atoms with E-state index in [2.05, 4.69) is 10.2 Å². The van der Waals surface area contributed by atoms with Crippen LogP contribution in [0.1, 0.15) is 17.5 Å². The Morgan fingerprint density at radius 1 is 1.14 bits per heavy atom. The van der Waals surface area contributed by atoms with Crippen molar-refractivity contribution in [2.24, 2.45) is 5.73 Å². The van der Waals surface area contributed by atoms with Crippen LogP contribution >= 0.6 is 11.8 Å². The van der Waals surface area contributed by atoms with Crippen LogP contribution in [0.2, 0.25) is 0 Å². The molecule has 4 rings (SSSR count). The lowest BCUT2D eigenvalue weighted by atomic mass is 10.1. The highest BCUT2D eigenvalue weighted by molar-refractivity contribution is 7.99. The Morgan fingerprint density at radius 3 is 2.71 bits per heavy atom. The van der Waals surface area contributed by atoms with E-state index in [1.54, 1.807) is 10.6 Å². The van der Waals surface area contributed by atoms with Crippen LogP contribution in [0.25, 0.3) is 22.4 Å². The summed E-state index contributed by atoms with van der Waals surface area (Å²) in [5.41, 5.74) is 8.63. The third-order valence-electron chi connectivity index (χ3n) is 4.58. The van der Waals surface area contributed by atoms with Crippen LogP contribution in [-0.4, -0.2) is 30.8 Å². The molecule has 0 aliphatic rings. The first kappa shape index (κ1) is 18.2. The van der Waals surface area contributed by atoms with Crippen LogP contribution in [-0.2, 0) is 4.79 Å². The second-order valence-electron chi connectivity index (χ2n) is 6.63. The highest BCUT2D eigenvalue weighted by Crippen LogP contribution is 2.24. The minimum atomic E-state index is -0.363. The number of amides is 1. The van der Waals surface area contributed by atoms with E-state index >= 15 is 0 Å². The summed E-state index contributed by atoms with van der Waals surface area (Å²) >= 11 is 1.39. The lowest BCUT2D eigenvalue weighted by Crippen LogP contribution is -2.22. The Balaban J connectivity index is 2.03. The van der Waals surface area contributed by atoms with E-state index < -0.39 is 0 Å². The Bertz CT molecular complexity index is 1280. The van der Waals surface area contributed by atoms with Gasteiger partial charge in [0.05, 0.1) is 16.6 Å². The van der Waals surface area contributed by atoms with Crippen LogP contribution in [0.15, 0.2) is 52.4 Å². The Morgan fingerprint density at radius 2 is 1.93 bits per heavy atom. The van der Waals surface area contributed by atoms with Crippen molar-refractivity contribution in [2.45, 2.75) is 25.4 Å². The zero-order valence-electron chi connectivity index (χ0n) is 15.5. The van der Waals surface area contributed by atoms with E-state index in [9.17, 15) is 9.59 Å². The van der Waals surface area contributed by atoms with E-state index in [0.29, 0.717) is 22.1 Å². The van der Waals surface area contributed by atoms with Crippen molar-refractivity contribution in [1.29, 1.82) is 0 Å². The van der Waals surface area contributed by atoms with Gasteiger partial charge in [-0.05, 0) is 43.2 Å². The average molecular weight is 393 g/mol. The second kappa shape index (κ2) is 7.12. The maximum Gasteiger partial charge on any atom is 0.267 e. The smallest absolute Gasteiger partial charge is 0.267 e. The van der Waals surface area contributed by atoms with Gasteiger partial charge in [-0.1, -0.05) is 36.0 Å². The monoisotopic (exact) mass is 393 g/mol. The molecule has 8 heteroatoms. The van der Waals surface area contributed by atoms with Crippen LogP contribution in [0.3, 0.4) is 0 Å². The van der Waals surface area contributed by atoms with Gasteiger partial charge in [-0.2, -0.15) is 0 Å². The third kappa shape index (κ3) is 3.05. The summed E-state index contributed by atoms with van der Waals surface area (Å²) in [5, 5.41) is 9.79. The maximum atomic E-state index is 13.3. The molecule has 1 amide bonds. The molecule has 0 fully saturated rings. The lowest BCUT2D eigenvalue weighted by Gasteiger charge is -2.13. The van der Waals surface area contributed by atoms with Crippen molar-refractivity contribution < 1.29 is 4.79 Å². The Labute approximate surface area is 165 Å². The molecular formula is C20H19N5O2S. The molecule has 142 valence electrons. The number of nitrogens with zero attached hydrogens (tertiary/aromatic N) is 4. The number of fused-ring (bicyclic) bond motifs is 3. The van der Waals surface area contributed by atoms with Crippen molar-refractivity contribution >= 4 is 34.3 Å². The molecule has 7 nitrogen and oxygen atoms in total. The summed E-state index contributed by atoms with van der Waals surface area (Å²) in [4.78, 5) is 24.4. The van der Waals surface area contributed by atoms with Gasteiger partial charge in [-0.25, -0.2) is 4.57 Å². The molecule has 0 radical (unpaired) electrons. The molecule has 2 heterocycles. The normalized spacial score (nSPS) is 11.4. The number of carbonyl (C=O) groups is 1. The molecule has 0 spiro atoms. The molecule has 0 aliphatic heterocycles. The van der Waals surface area contributed by atoms with Gasteiger partial charge in [0.2, 0.25) is 11.7 Å². The maximum absolute atomic E-state index is 13.3. The standard InChI is InChI=1S/C20H19N5O2S/c1-12-7-8-13(2)16(11-12)24-18(27)14-5-3-4-6-15(14)25-19(24)22-23-20(25)28-10-9-17(21)26/h3-8,11H,9-10H2,1-2H3,(H2,21,26). The Hall–Kier alpha value is -3.13. The topological polar surface area (TPSA) is 95.3 Å². The molecule has 2 aromatic carbocycles. The van der Waals surface area contributed by atoms with E-state index in [4.69, 9.17) is 5.73 Å². The molecule has 0 saturated heterocycles. The van der Waals surface area contributed by atoms with Crippen LogP contribution in [0.5, 0.6) is 0 Å². The quantitative estimate of drug-likeness (QED) is 0.526. The second-order valence-corrected chi connectivity index (χ2v) is 7.69. The first-order valence-corrected chi connectivity index (χ1v) is 9.83. The molecule has 0 saturated carbocycles. The van der Waals surface area contributed by atoms with Gasteiger partial charge < -0.3 is 5.73 Å². The minimum absolute atomic E-state index is 0.141. The highest BCUT2D eigenvalue weighted by atomic mass is 32.2. The van der Waals surface area contributed by atoms with Crippen molar-refractivity contribution in [1.82, 2.24) is 19.2 Å². The fourth-order valence-corrected chi connectivity index (χ4v) is 4.09. The Kier molecular flexibility index (Phi) is 4.64. The lowest BCUT2D eigenvalue weighted by molar-refractivity contribution is -0.117. The van der Waals surface area contributed by atoms with Crippen molar-refractivity contribution in [3.63, 3.8) is 0 Å². The van der Waals surface area contributed by atoms with E-state index in [1.807, 2.05) is 54.6 Å². The van der Waals surface area contributed by atoms with Gasteiger partial charge in [-0.15, -0.1) is 10.2 Å². The molecule has 2 N–H and O–H groups in total. The number of hydrogen-bond donors (Lipinski definition) is 1. The number of aromatic nitrogens is 4. The average Bonchev–Trinajstić information content (AvgIpc) is 3.08. The first-order chi connectivity index (χ1) is 13.5. The molecule has 0 atom stereocenters. The number of benzene rings is 2. The number of thioether (sulfide) groups is 1. The largest absolute Gasteiger partial charge is 0.370 e. The number of rotatable bonds is 5. The minimum Gasteiger partial charge on any atom is -0.370 e. The number of nitrogens with two attached hydrogens (primary N) is 1. The summed E-state index contributed by atoms with van der Waals surface area (Å²) < 4.78 is 3.47. The number of para-hydroxylation sites is 1. The van der Waals surface area contributed by atoms with E-state index in [1.165, 1.54) is 11.8 Å². The van der Waals surface area contributed by atoms with E-state index in [0.717, 1.165) is 22.3 Å². The van der Waals surface area contributed by atoms with Crippen molar-refractivity contribution in [2.75, 3.05) is 5.75 Å². The van der Waals surface area contributed by atoms with Crippen molar-refractivity contribution in [3.05, 3.63) is 63.9 Å². The van der Waals surface area contributed by atoms with Gasteiger partial charge in [0.15, 0.2) is 5.16 Å². The first-order valence-electron chi connectivity index (χ1n) is 8.85. The zero-order valence-corrected chi connectivity index (χ0v) is 16.4.